The zero-order valence-electron chi connectivity index (χ0n) is 23.5. The van der Waals surface area contributed by atoms with Crippen LogP contribution in [0.15, 0.2) is 105 Å². The number of hydrogen-bond donors (Lipinski definition) is 0. The molecule has 7 rings (SSSR count). The Bertz CT molecular complexity index is 2140. The average Bonchev–Trinajstić information content (AvgIpc) is 3.34. The van der Waals surface area contributed by atoms with Gasteiger partial charge in [0.2, 0.25) is 0 Å². The lowest BCUT2D eigenvalue weighted by molar-refractivity contribution is 0.282. The Morgan fingerprint density at radius 2 is 1.80 bits per heavy atom. The standard InChI is InChI=1S/C35H25BrCl2N2O3S/c1-42-29-17-20(16-27(36)33(29)43-19-23-7-3-5-9-28(23)38)18-30-34(41)40-32(22-10-13-24(37)14-11-22)26-15-12-21-6-2-4-8-25(21)31(26)39-35(40)44-30/h2-11,13-14,16-18,32H,12,15,19H2,1H3/b30-18+/t32-/m0/s1. The third-order valence-electron chi connectivity index (χ3n) is 7.94. The molecule has 0 unspecified atom stereocenters. The van der Waals surface area contributed by atoms with Gasteiger partial charge in [-0.25, -0.2) is 4.99 Å². The van der Waals surface area contributed by atoms with E-state index < -0.39 is 0 Å². The van der Waals surface area contributed by atoms with E-state index in [2.05, 4.69) is 34.1 Å². The van der Waals surface area contributed by atoms with Crippen LogP contribution in [0, 0.1) is 0 Å². The number of methoxy groups -OCH3 is 1. The third kappa shape index (κ3) is 5.32. The first-order valence-corrected chi connectivity index (χ1v) is 16.4. The first-order chi connectivity index (χ1) is 21.4. The highest BCUT2D eigenvalue weighted by Crippen LogP contribution is 2.41. The van der Waals surface area contributed by atoms with E-state index >= 15 is 0 Å². The lowest BCUT2D eigenvalue weighted by Gasteiger charge is -2.30. The monoisotopic (exact) mass is 702 g/mol. The number of benzene rings is 4. The maximum Gasteiger partial charge on any atom is 0.271 e. The van der Waals surface area contributed by atoms with Crippen LogP contribution in [-0.4, -0.2) is 11.7 Å². The fourth-order valence-corrected chi connectivity index (χ4v) is 7.74. The molecule has 4 aromatic carbocycles. The Labute approximate surface area is 276 Å². The summed E-state index contributed by atoms with van der Waals surface area (Å²) >= 11 is 17.6. The van der Waals surface area contributed by atoms with Gasteiger partial charge in [0.05, 0.1) is 27.9 Å². The number of halogens is 3. The highest BCUT2D eigenvalue weighted by molar-refractivity contribution is 9.10. The molecule has 0 bridgehead atoms. The molecule has 9 heteroatoms. The molecule has 0 saturated heterocycles. The first-order valence-electron chi connectivity index (χ1n) is 14.0. The van der Waals surface area contributed by atoms with Crippen molar-refractivity contribution >= 4 is 62.2 Å². The molecule has 1 aromatic heterocycles. The molecule has 2 aliphatic rings. The van der Waals surface area contributed by atoms with E-state index in [-0.39, 0.29) is 18.2 Å². The number of allylic oxidation sites excluding steroid dienone is 1. The summed E-state index contributed by atoms with van der Waals surface area (Å²) in [6.07, 6.45) is 3.61. The van der Waals surface area contributed by atoms with Gasteiger partial charge in [-0.2, -0.15) is 0 Å². The molecule has 5 aromatic rings. The molecule has 44 heavy (non-hydrogen) atoms. The van der Waals surface area contributed by atoms with Crippen molar-refractivity contribution in [1.82, 2.24) is 4.57 Å². The number of thiazole rings is 1. The smallest absolute Gasteiger partial charge is 0.271 e. The van der Waals surface area contributed by atoms with Crippen LogP contribution in [0.5, 0.6) is 11.5 Å². The number of fused-ring (bicyclic) bond motifs is 3. The van der Waals surface area contributed by atoms with Crippen molar-refractivity contribution in [1.29, 1.82) is 0 Å². The molecule has 0 spiro atoms. The molecular weight excluding hydrogens is 679 g/mol. The van der Waals surface area contributed by atoms with Gasteiger partial charge in [-0.1, -0.05) is 89.1 Å². The number of rotatable bonds is 6. The molecule has 0 N–H and O–H groups in total. The molecule has 1 atom stereocenters. The van der Waals surface area contributed by atoms with Crippen molar-refractivity contribution in [2.45, 2.75) is 25.5 Å². The van der Waals surface area contributed by atoms with Gasteiger partial charge in [-0.3, -0.25) is 9.36 Å². The fourth-order valence-electron chi connectivity index (χ4n) is 5.85. The molecule has 0 saturated carbocycles. The summed E-state index contributed by atoms with van der Waals surface area (Å²) in [6.45, 7) is 0.283. The summed E-state index contributed by atoms with van der Waals surface area (Å²) in [5, 5.41) is 1.29. The van der Waals surface area contributed by atoms with Crippen molar-refractivity contribution in [2.75, 3.05) is 7.11 Å². The lowest BCUT2D eigenvalue weighted by atomic mass is 9.83. The van der Waals surface area contributed by atoms with Gasteiger partial charge in [-0.05, 0) is 87.4 Å². The topological polar surface area (TPSA) is 52.8 Å². The van der Waals surface area contributed by atoms with Gasteiger partial charge < -0.3 is 9.47 Å². The molecule has 1 aliphatic heterocycles. The van der Waals surface area contributed by atoms with Gasteiger partial charge in [0.1, 0.15) is 6.61 Å². The zero-order valence-corrected chi connectivity index (χ0v) is 27.4. The van der Waals surface area contributed by atoms with E-state index in [1.54, 1.807) is 7.11 Å². The summed E-state index contributed by atoms with van der Waals surface area (Å²) in [6, 6.07) is 27.2. The number of nitrogens with zero attached hydrogens (tertiary/aromatic N) is 2. The molecule has 1 aliphatic carbocycles. The van der Waals surface area contributed by atoms with Crippen LogP contribution in [0.3, 0.4) is 0 Å². The maximum atomic E-state index is 14.1. The van der Waals surface area contributed by atoms with E-state index in [1.165, 1.54) is 16.9 Å². The molecule has 2 heterocycles. The Kier molecular flexibility index (Phi) is 7.97. The second kappa shape index (κ2) is 12.1. The van der Waals surface area contributed by atoms with Crippen molar-refractivity contribution in [3.8, 4) is 11.5 Å². The van der Waals surface area contributed by atoms with Crippen LogP contribution in [-0.2, 0) is 13.0 Å². The quantitative estimate of drug-likeness (QED) is 0.180. The third-order valence-corrected chi connectivity index (χ3v) is 10.1. The second-order valence-electron chi connectivity index (χ2n) is 10.6. The van der Waals surface area contributed by atoms with Crippen LogP contribution in [0.2, 0.25) is 10.0 Å². The van der Waals surface area contributed by atoms with Gasteiger partial charge in [0, 0.05) is 21.2 Å². The van der Waals surface area contributed by atoms with Crippen LogP contribution < -0.4 is 24.4 Å². The Hall–Kier alpha value is -3.62. The minimum atomic E-state index is -0.268. The Morgan fingerprint density at radius 1 is 1.02 bits per heavy atom. The van der Waals surface area contributed by atoms with Crippen molar-refractivity contribution in [2.24, 2.45) is 4.99 Å². The summed E-state index contributed by atoms with van der Waals surface area (Å²) in [5.41, 5.74) is 7.10. The molecule has 0 amide bonds. The van der Waals surface area contributed by atoms with Gasteiger partial charge in [-0.15, -0.1) is 0 Å². The van der Waals surface area contributed by atoms with Crippen LogP contribution in [0.1, 0.15) is 40.3 Å². The minimum absolute atomic E-state index is 0.0896. The lowest BCUT2D eigenvalue weighted by Crippen LogP contribution is -2.38. The van der Waals surface area contributed by atoms with Crippen molar-refractivity contribution < 1.29 is 9.47 Å². The predicted octanol–water partition coefficient (Wildman–Crippen LogP) is 7.98. The predicted molar refractivity (Wildman–Crippen MR) is 181 cm³/mol. The molecular formula is C35H25BrCl2N2O3S. The van der Waals surface area contributed by atoms with E-state index in [9.17, 15) is 4.79 Å². The highest BCUT2D eigenvalue weighted by Gasteiger charge is 2.32. The zero-order chi connectivity index (χ0) is 30.4. The van der Waals surface area contributed by atoms with Gasteiger partial charge >= 0.3 is 0 Å². The van der Waals surface area contributed by atoms with E-state index in [1.807, 2.05) is 77.4 Å². The fraction of sp³-hybridized carbons (Fsp3) is 0.143. The second-order valence-corrected chi connectivity index (χ2v) is 13.3. The molecule has 5 nitrogen and oxygen atoms in total. The average molecular weight is 704 g/mol. The molecule has 0 radical (unpaired) electrons. The van der Waals surface area contributed by atoms with E-state index in [0.717, 1.165) is 46.4 Å². The maximum absolute atomic E-state index is 14.1. The van der Waals surface area contributed by atoms with Gasteiger partial charge in [0.15, 0.2) is 16.3 Å². The highest BCUT2D eigenvalue weighted by atomic mass is 79.9. The largest absolute Gasteiger partial charge is 0.493 e. The number of hydrogen-bond acceptors (Lipinski definition) is 5. The number of ether oxygens (including phenoxy) is 2. The normalized spacial score (nSPS) is 15.7. The number of aryl methyl sites for hydroxylation is 1. The first kappa shape index (κ1) is 29.1. The molecule has 0 fully saturated rings. The SMILES string of the molecule is COc1cc(/C=c2/sc3n(c2=O)[C@@H](c2ccc(Cl)cc2)C2=C(N=3)c3ccccc3CC2)cc(Br)c1OCc1ccccc1Cl. The van der Waals surface area contributed by atoms with Crippen molar-refractivity contribution in [3.05, 3.63) is 153 Å². The van der Waals surface area contributed by atoms with Crippen LogP contribution in [0.25, 0.3) is 11.8 Å². The van der Waals surface area contributed by atoms with Crippen LogP contribution >= 0.6 is 50.5 Å². The Balaban J connectivity index is 1.33. The van der Waals surface area contributed by atoms with E-state index in [0.29, 0.717) is 35.4 Å². The minimum Gasteiger partial charge on any atom is -0.493 e. The Morgan fingerprint density at radius 3 is 2.59 bits per heavy atom. The summed E-state index contributed by atoms with van der Waals surface area (Å²) in [7, 11) is 1.59. The number of aromatic nitrogens is 1. The summed E-state index contributed by atoms with van der Waals surface area (Å²) in [5.74, 6) is 1.09. The molecule has 220 valence electrons. The van der Waals surface area contributed by atoms with E-state index in [4.69, 9.17) is 37.7 Å². The van der Waals surface area contributed by atoms with Crippen molar-refractivity contribution in [3.63, 3.8) is 0 Å². The summed E-state index contributed by atoms with van der Waals surface area (Å²) < 4.78 is 14.9. The summed E-state index contributed by atoms with van der Waals surface area (Å²) in [4.78, 5) is 19.9. The van der Waals surface area contributed by atoms with Gasteiger partial charge in [0.25, 0.3) is 5.56 Å². The van der Waals surface area contributed by atoms with Crippen LogP contribution in [0.4, 0.5) is 0 Å².